The van der Waals surface area contributed by atoms with Crippen LogP contribution in [0.5, 0.6) is 0 Å². The summed E-state index contributed by atoms with van der Waals surface area (Å²) in [5.74, 6) is 0. The van der Waals surface area contributed by atoms with E-state index in [0.29, 0.717) is 0 Å². The van der Waals surface area contributed by atoms with Crippen molar-refractivity contribution in [2.24, 2.45) is 0 Å². The molecule has 178 valence electrons. The van der Waals surface area contributed by atoms with Crippen molar-refractivity contribution in [1.82, 2.24) is 4.40 Å². The Morgan fingerprint density at radius 3 is 1.81 bits per heavy atom. The van der Waals surface area contributed by atoms with Gasteiger partial charge in [-0.25, -0.2) is 0 Å². The zero-order valence-corrected chi connectivity index (χ0v) is 21.6. The maximum atomic E-state index is 2.47. The molecule has 0 aliphatic carbocycles. The topological polar surface area (TPSA) is 7.65 Å². The molecule has 2 nitrogen and oxygen atoms in total. The number of rotatable bonds is 1. The van der Waals surface area contributed by atoms with Crippen LogP contribution in [0.2, 0.25) is 0 Å². The lowest BCUT2D eigenvalue weighted by Crippen LogP contribution is -2.30. The lowest BCUT2D eigenvalue weighted by Gasteiger charge is -2.42. The number of aromatic nitrogens is 1. The van der Waals surface area contributed by atoms with Gasteiger partial charge in [-0.3, -0.25) is 0 Å². The fraction of sp³-hybridized carbons (Fsp3) is 0.143. The molecular weight excluding hydrogens is 448 g/mol. The number of nitrogens with zero attached hydrogens (tertiary/aromatic N) is 2. The van der Waals surface area contributed by atoms with Crippen LogP contribution in [0, 0.1) is 13.8 Å². The average molecular weight is 477 g/mol. The molecule has 2 heteroatoms. The Labute approximate surface area is 216 Å². The van der Waals surface area contributed by atoms with E-state index in [9.17, 15) is 0 Å². The Morgan fingerprint density at radius 1 is 0.541 bits per heavy atom. The molecule has 1 aliphatic heterocycles. The first-order chi connectivity index (χ1) is 17.9. The van der Waals surface area contributed by atoms with Crippen LogP contribution in [0.3, 0.4) is 0 Å². The summed E-state index contributed by atoms with van der Waals surface area (Å²) in [7, 11) is 0. The van der Waals surface area contributed by atoms with Gasteiger partial charge < -0.3 is 9.30 Å². The first-order valence-corrected chi connectivity index (χ1v) is 13.1. The fourth-order valence-corrected chi connectivity index (χ4v) is 6.80. The first kappa shape index (κ1) is 20.8. The van der Waals surface area contributed by atoms with Crippen molar-refractivity contribution in [3.05, 3.63) is 119 Å². The SMILES string of the molecule is Cc1ccc2c(c1)C(C)(C)c1cc(C)ccc1N2c1ccc2c3cccc4c5ccccc5n(c2c1)c43. The summed E-state index contributed by atoms with van der Waals surface area (Å²) in [4.78, 5) is 2.47. The molecule has 0 fully saturated rings. The molecule has 5 aromatic carbocycles. The molecule has 37 heavy (non-hydrogen) atoms. The minimum atomic E-state index is -0.0744. The lowest BCUT2D eigenvalue weighted by atomic mass is 9.72. The monoisotopic (exact) mass is 476 g/mol. The van der Waals surface area contributed by atoms with Crippen LogP contribution in [-0.2, 0) is 5.41 Å². The quantitative estimate of drug-likeness (QED) is 0.229. The Bertz CT molecular complexity index is 1980. The minimum absolute atomic E-state index is 0.0744. The summed E-state index contributed by atoms with van der Waals surface area (Å²) in [6.45, 7) is 9.12. The van der Waals surface area contributed by atoms with Gasteiger partial charge in [0, 0.05) is 32.6 Å². The predicted molar refractivity (Wildman–Crippen MR) is 157 cm³/mol. The van der Waals surface area contributed by atoms with Crippen molar-refractivity contribution in [3.8, 4) is 0 Å². The van der Waals surface area contributed by atoms with Gasteiger partial charge in [-0.15, -0.1) is 0 Å². The summed E-state index contributed by atoms with van der Waals surface area (Å²) in [5, 5.41) is 5.27. The summed E-state index contributed by atoms with van der Waals surface area (Å²) in [6.07, 6.45) is 0. The summed E-state index contributed by atoms with van der Waals surface area (Å²) in [6, 6.07) is 36.4. The zero-order valence-electron chi connectivity index (χ0n) is 21.6. The highest BCUT2D eigenvalue weighted by atomic mass is 15.2. The highest BCUT2D eigenvalue weighted by Crippen LogP contribution is 2.53. The van der Waals surface area contributed by atoms with E-state index < -0.39 is 0 Å². The van der Waals surface area contributed by atoms with Crippen LogP contribution in [0.1, 0.15) is 36.1 Å². The van der Waals surface area contributed by atoms with Crippen LogP contribution in [0.25, 0.3) is 38.1 Å². The summed E-state index contributed by atoms with van der Waals surface area (Å²) in [5.41, 5.74) is 12.9. The smallest absolute Gasteiger partial charge is 0.0620 e. The van der Waals surface area contributed by atoms with Gasteiger partial charge in [0.2, 0.25) is 0 Å². The van der Waals surface area contributed by atoms with Crippen LogP contribution < -0.4 is 4.90 Å². The molecule has 0 saturated carbocycles. The van der Waals surface area contributed by atoms with E-state index >= 15 is 0 Å². The standard InChI is InChI=1S/C35H28N2/c1-21-12-16-31-28(18-21)35(3,4)29-19-22(2)13-17-32(29)36(31)23-14-15-25-27-10-7-9-26-24-8-5-6-11-30(24)37(34(26)27)33(25)20-23/h5-20H,1-4H3. The lowest BCUT2D eigenvalue weighted by molar-refractivity contribution is 0.630. The molecule has 0 radical (unpaired) electrons. The van der Waals surface area contributed by atoms with Gasteiger partial charge in [0.25, 0.3) is 0 Å². The minimum Gasteiger partial charge on any atom is -0.310 e. The van der Waals surface area contributed by atoms with Gasteiger partial charge in [-0.2, -0.15) is 0 Å². The Hall–Kier alpha value is -4.30. The molecule has 1 aliphatic rings. The average Bonchev–Trinajstić information content (AvgIpc) is 3.42. The summed E-state index contributed by atoms with van der Waals surface area (Å²) < 4.78 is 2.47. The number of para-hydroxylation sites is 2. The van der Waals surface area contributed by atoms with E-state index in [0.717, 1.165) is 0 Å². The van der Waals surface area contributed by atoms with Crippen molar-refractivity contribution in [1.29, 1.82) is 0 Å². The highest BCUT2D eigenvalue weighted by molar-refractivity contribution is 6.23. The van der Waals surface area contributed by atoms with Crippen molar-refractivity contribution < 1.29 is 0 Å². The molecular formula is C35H28N2. The van der Waals surface area contributed by atoms with Crippen molar-refractivity contribution in [3.63, 3.8) is 0 Å². The molecule has 0 bridgehead atoms. The third-order valence-corrected chi connectivity index (χ3v) is 8.60. The second kappa shape index (κ2) is 6.92. The number of benzene rings is 5. The number of anilines is 3. The maximum absolute atomic E-state index is 2.47. The van der Waals surface area contributed by atoms with Crippen molar-refractivity contribution in [2.75, 3.05) is 4.90 Å². The van der Waals surface area contributed by atoms with Crippen molar-refractivity contribution in [2.45, 2.75) is 33.1 Å². The van der Waals surface area contributed by atoms with Gasteiger partial charge in [0.1, 0.15) is 0 Å². The Kier molecular flexibility index (Phi) is 3.90. The van der Waals surface area contributed by atoms with Crippen LogP contribution in [0.15, 0.2) is 97.1 Å². The molecule has 0 atom stereocenters. The van der Waals surface area contributed by atoms with Crippen LogP contribution >= 0.6 is 0 Å². The van der Waals surface area contributed by atoms with Crippen LogP contribution in [0.4, 0.5) is 17.1 Å². The van der Waals surface area contributed by atoms with Gasteiger partial charge in [0.05, 0.1) is 27.9 Å². The van der Waals surface area contributed by atoms with E-state index in [4.69, 9.17) is 0 Å². The number of fused-ring (bicyclic) bond motifs is 8. The third kappa shape index (κ3) is 2.60. The number of hydrogen-bond donors (Lipinski definition) is 0. The third-order valence-electron chi connectivity index (χ3n) is 8.60. The maximum Gasteiger partial charge on any atom is 0.0620 e. The van der Waals surface area contributed by atoms with Gasteiger partial charge in [-0.05, 0) is 55.3 Å². The molecule has 0 saturated heterocycles. The first-order valence-electron chi connectivity index (χ1n) is 13.1. The number of hydrogen-bond acceptors (Lipinski definition) is 1. The predicted octanol–water partition coefficient (Wildman–Crippen LogP) is 9.56. The molecule has 8 rings (SSSR count). The van der Waals surface area contributed by atoms with E-state index in [-0.39, 0.29) is 5.41 Å². The van der Waals surface area contributed by atoms with Gasteiger partial charge in [0.15, 0.2) is 0 Å². The van der Waals surface area contributed by atoms with Crippen LogP contribution in [-0.4, -0.2) is 4.40 Å². The van der Waals surface area contributed by atoms with Gasteiger partial charge in [-0.1, -0.05) is 91.7 Å². The molecule has 7 aromatic rings. The van der Waals surface area contributed by atoms with Crippen molar-refractivity contribution >= 4 is 55.2 Å². The van der Waals surface area contributed by atoms with E-state index in [1.54, 1.807) is 0 Å². The highest BCUT2D eigenvalue weighted by Gasteiger charge is 2.37. The Balaban J connectivity index is 1.48. The second-order valence-electron chi connectivity index (χ2n) is 11.3. The van der Waals surface area contributed by atoms with E-state index in [2.05, 4.69) is 134 Å². The molecule has 0 amide bonds. The molecule has 2 aromatic heterocycles. The van der Waals surface area contributed by atoms with Gasteiger partial charge >= 0.3 is 0 Å². The molecule has 0 N–H and O–H groups in total. The van der Waals surface area contributed by atoms with E-state index in [1.165, 1.54) is 77.4 Å². The normalized spacial score (nSPS) is 14.6. The fourth-order valence-electron chi connectivity index (χ4n) is 6.80. The largest absolute Gasteiger partial charge is 0.310 e. The second-order valence-corrected chi connectivity index (χ2v) is 11.3. The zero-order chi connectivity index (χ0) is 25.1. The molecule has 3 heterocycles. The summed E-state index contributed by atoms with van der Waals surface area (Å²) >= 11 is 0. The molecule has 0 spiro atoms. The molecule has 0 unspecified atom stereocenters. The number of aryl methyl sites for hydroxylation is 2. The van der Waals surface area contributed by atoms with E-state index in [1.807, 2.05) is 0 Å². The Morgan fingerprint density at radius 2 is 1.14 bits per heavy atom.